The monoisotopic (exact) mass is 457 g/mol. The minimum absolute atomic E-state index is 0.170. The molecule has 0 saturated carbocycles. The van der Waals surface area contributed by atoms with Gasteiger partial charge in [-0.2, -0.15) is 0 Å². The summed E-state index contributed by atoms with van der Waals surface area (Å²) in [4.78, 5) is 28.9. The van der Waals surface area contributed by atoms with Crippen LogP contribution in [-0.2, 0) is 6.42 Å². The highest BCUT2D eigenvalue weighted by Crippen LogP contribution is 2.19. The van der Waals surface area contributed by atoms with Crippen LogP contribution in [0.3, 0.4) is 0 Å². The zero-order chi connectivity index (χ0) is 23.8. The molecule has 0 aromatic heterocycles. The van der Waals surface area contributed by atoms with Gasteiger partial charge in [-0.1, -0.05) is 36.8 Å². The van der Waals surface area contributed by atoms with Gasteiger partial charge in [0.15, 0.2) is 0 Å². The molecule has 1 aliphatic rings. The Hall–Kier alpha value is -3.64. The highest BCUT2D eigenvalue weighted by molar-refractivity contribution is 6.04. The molecule has 6 heteroatoms. The molecular weight excluding hydrogens is 426 g/mol. The van der Waals surface area contributed by atoms with Gasteiger partial charge in [0.05, 0.1) is 0 Å². The van der Waals surface area contributed by atoms with E-state index < -0.39 is 6.09 Å². The Bertz CT molecular complexity index is 1080. The van der Waals surface area contributed by atoms with E-state index in [0.717, 1.165) is 18.7 Å². The molecule has 0 atom stereocenters. The first-order valence-corrected chi connectivity index (χ1v) is 11.8. The van der Waals surface area contributed by atoms with Crippen LogP contribution in [0.5, 0.6) is 5.75 Å². The SMILES string of the molecule is CN(C(=O)Oc1ccc(NC(=O)c2ccc(CCN3CCCCC3)cc2)cc1)c1ccccc1. The molecule has 0 bridgehead atoms. The first-order valence-electron chi connectivity index (χ1n) is 11.8. The van der Waals surface area contributed by atoms with Crippen molar-refractivity contribution in [2.24, 2.45) is 0 Å². The number of rotatable bonds is 7. The molecule has 176 valence electrons. The van der Waals surface area contributed by atoms with Crippen LogP contribution in [0.4, 0.5) is 16.2 Å². The third kappa shape index (κ3) is 6.45. The van der Waals surface area contributed by atoms with E-state index in [9.17, 15) is 9.59 Å². The molecule has 0 spiro atoms. The number of benzene rings is 3. The number of nitrogens with zero attached hydrogens (tertiary/aromatic N) is 2. The molecule has 0 aliphatic carbocycles. The average molecular weight is 458 g/mol. The van der Waals surface area contributed by atoms with Crippen LogP contribution in [-0.4, -0.2) is 43.6 Å². The van der Waals surface area contributed by atoms with Crippen LogP contribution in [0, 0.1) is 0 Å². The normalized spacial score (nSPS) is 13.8. The van der Waals surface area contributed by atoms with E-state index in [0.29, 0.717) is 17.0 Å². The summed E-state index contributed by atoms with van der Waals surface area (Å²) < 4.78 is 5.43. The molecule has 6 nitrogen and oxygen atoms in total. The van der Waals surface area contributed by atoms with Gasteiger partial charge in [0.2, 0.25) is 0 Å². The number of nitrogens with one attached hydrogen (secondary N) is 1. The third-order valence-electron chi connectivity index (χ3n) is 6.12. The zero-order valence-electron chi connectivity index (χ0n) is 19.6. The molecule has 3 aromatic carbocycles. The van der Waals surface area contributed by atoms with Crippen LogP contribution in [0.2, 0.25) is 0 Å². The number of ether oxygens (including phenoxy) is 1. The first kappa shape index (κ1) is 23.5. The number of carbonyl (C=O) groups excluding carboxylic acids is 2. The smallest absolute Gasteiger partial charge is 0.410 e. The van der Waals surface area contributed by atoms with Crippen LogP contribution in [0.25, 0.3) is 0 Å². The predicted molar refractivity (Wildman–Crippen MR) is 136 cm³/mol. The molecule has 34 heavy (non-hydrogen) atoms. The van der Waals surface area contributed by atoms with Crippen LogP contribution in [0.15, 0.2) is 78.9 Å². The van der Waals surface area contributed by atoms with Crippen LogP contribution >= 0.6 is 0 Å². The lowest BCUT2D eigenvalue weighted by molar-refractivity contribution is 0.102. The molecule has 1 fully saturated rings. The Balaban J connectivity index is 1.27. The van der Waals surface area contributed by atoms with Gasteiger partial charge in [0.1, 0.15) is 5.75 Å². The van der Waals surface area contributed by atoms with Gasteiger partial charge in [-0.3, -0.25) is 9.69 Å². The quantitative estimate of drug-likeness (QED) is 0.501. The summed E-state index contributed by atoms with van der Waals surface area (Å²) >= 11 is 0. The van der Waals surface area contributed by atoms with Gasteiger partial charge in [-0.25, -0.2) is 4.79 Å². The van der Waals surface area contributed by atoms with E-state index in [1.54, 1.807) is 31.3 Å². The van der Waals surface area contributed by atoms with Crippen LogP contribution in [0.1, 0.15) is 35.2 Å². The van der Waals surface area contributed by atoms with E-state index in [1.807, 2.05) is 54.6 Å². The third-order valence-corrected chi connectivity index (χ3v) is 6.12. The van der Waals surface area contributed by atoms with Crippen molar-refractivity contribution in [3.05, 3.63) is 90.0 Å². The van der Waals surface area contributed by atoms with Crippen LogP contribution < -0.4 is 15.0 Å². The van der Waals surface area contributed by atoms with Gasteiger partial charge in [0, 0.05) is 30.5 Å². The van der Waals surface area contributed by atoms with Crippen molar-refractivity contribution in [3.8, 4) is 5.75 Å². The summed E-state index contributed by atoms with van der Waals surface area (Å²) in [6, 6.07) is 23.8. The first-order chi connectivity index (χ1) is 16.6. The number of hydrogen-bond acceptors (Lipinski definition) is 4. The Morgan fingerprint density at radius 3 is 2.24 bits per heavy atom. The van der Waals surface area contributed by atoms with E-state index in [1.165, 1.54) is 42.8 Å². The number of piperidine rings is 1. The number of hydrogen-bond donors (Lipinski definition) is 1. The lowest BCUT2D eigenvalue weighted by Gasteiger charge is -2.26. The van der Waals surface area contributed by atoms with Crippen molar-refractivity contribution in [3.63, 3.8) is 0 Å². The van der Waals surface area contributed by atoms with E-state index in [4.69, 9.17) is 4.74 Å². The molecule has 4 rings (SSSR count). The zero-order valence-corrected chi connectivity index (χ0v) is 19.6. The summed E-state index contributed by atoms with van der Waals surface area (Å²) in [6.45, 7) is 3.47. The Labute approximate surface area is 201 Å². The summed E-state index contributed by atoms with van der Waals surface area (Å²) in [7, 11) is 1.66. The topological polar surface area (TPSA) is 61.9 Å². The van der Waals surface area contributed by atoms with Crippen molar-refractivity contribution in [1.82, 2.24) is 4.90 Å². The van der Waals surface area contributed by atoms with Gasteiger partial charge in [0.25, 0.3) is 5.91 Å². The Kier molecular flexibility index (Phi) is 7.94. The largest absolute Gasteiger partial charge is 0.419 e. The standard InChI is InChI=1S/C28H31N3O3/c1-30(25-8-4-2-5-9-25)28(33)34-26-16-14-24(15-17-26)29-27(32)23-12-10-22(11-13-23)18-21-31-19-6-3-7-20-31/h2,4-5,8-17H,3,6-7,18-21H2,1H3,(H,29,32). The molecule has 0 radical (unpaired) electrons. The minimum atomic E-state index is -0.483. The molecule has 1 aliphatic heterocycles. The maximum Gasteiger partial charge on any atom is 0.419 e. The predicted octanol–water partition coefficient (Wildman–Crippen LogP) is 5.60. The molecular formula is C28H31N3O3. The maximum absolute atomic E-state index is 12.6. The molecule has 0 unspecified atom stereocenters. The minimum Gasteiger partial charge on any atom is -0.410 e. The fourth-order valence-electron chi connectivity index (χ4n) is 4.03. The summed E-state index contributed by atoms with van der Waals surface area (Å²) in [5, 5.41) is 2.89. The summed E-state index contributed by atoms with van der Waals surface area (Å²) in [5.41, 5.74) is 3.24. The lowest BCUT2D eigenvalue weighted by Crippen LogP contribution is -2.31. The number of anilines is 2. The second-order valence-corrected chi connectivity index (χ2v) is 8.59. The fraction of sp³-hybridized carbons (Fsp3) is 0.286. The van der Waals surface area contributed by atoms with E-state index >= 15 is 0 Å². The summed E-state index contributed by atoms with van der Waals surface area (Å²) in [5.74, 6) is 0.236. The Morgan fingerprint density at radius 1 is 0.882 bits per heavy atom. The number of para-hydroxylation sites is 1. The van der Waals surface area contributed by atoms with Gasteiger partial charge >= 0.3 is 6.09 Å². The van der Waals surface area contributed by atoms with Crippen molar-refractivity contribution >= 4 is 23.4 Å². The maximum atomic E-state index is 12.6. The Morgan fingerprint density at radius 2 is 1.56 bits per heavy atom. The molecule has 1 N–H and O–H groups in total. The average Bonchev–Trinajstić information content (AvgIpc) is 2.89. The van der Waals surface area contributed by atoms with Crippen molar-refractivity contribution in [2.75, 3.05) is 36.9 Å². The highest BCUT2D eigenvalue weighted by Gasteiger charge is 2.14. The van der Waals surface area contributed by atoms with Gasteiger partial charge in [-0.05, 0) is 86.4 Å². The van der Waals surface area contributed by atoms with Gasteiger partial charge < -0.3 is 15.0 Å². The van der Waals surface area contributed by atoms with Crippen molar-refractivity contribution in [1.29, 1.82) is 0 Å². The van der Waals surface area contributed by atoms with Crippen molar-refractivity contribution < 1.29 is 14.3 Å². The molecule has 1 heterocycles. The highest BCUT2D eigenvalue weighted by atomic mass is 16.6. The lowest BCUT2D eigenvalue weighted by atomic mass is 10.1. The van der Waals surface area contributed by atoms with E-state index in [2.05, 4.69) is 10.2 Å². The molecule has 1 saturated heterocycles. The number of amides is 2. The van der Waals surface area contributed by atoms with E-state index in [-0.39, 0.29) is 5.91 Å². The number of likely N-dealkylation sites (tertiary alicyclic amines) is 1. The molecule has 2 amide bonds. The summed E-state index contributed by atoms with van der Waals surface area (Å²) in [6.07, 6.45) is 4.46. The number of carbonyl (C=O) groups is 2. The fourth-order valence-corrected chi connectivity index (χ4v) is 4.03. The van der Waals surface area contributed by atoms with Crippen molar-refractivity contribution in [2.45, 2.75) is 25.7 Å². The van der Waals surface area contributed by atoms with Gasteiger partial charge in [-0.15, -0.1) is 0 Å². The second-order valence-electron chi connectivity index (χ2n) is 8.59. The second kappa shape index (κ2) is 11.5. The molecule has 3 aromatic rings.